The summed E-state index contributed by atoms with van der Waals surface area (Å²) in [5.41, 5.74) is 1.63. The lowest BCUT2D eigenvalue weighted by molar-refractivity contribution is -0.384. The van der Waals surface area contributed by atoms with Crippen LogP contribution in [-0.2, 0) is 21.2 Å². The van der Waals surface area contributed by atoms with Crippen LogP contribution in [-0.4, -0.2) is 38.1 Å². The van der Waals surface area contributed by atoms with Crippen molar-refractivity contribution in [2.24, 2.45) is 0 Å². The summed E-state index contributed by atoms with van der Waals surface area (Å²) in [5, 5.41) is 11.0. The van der Waals surface area contributed by atoms with Crippen LogP contribution in [0, 0.1) is 10.1 Å². The third-order valence-electron chi connectivity index (χ3n) is 4.48. The number of carbonyl (C=O) groups excluding carboxylic acids is 1. The molecule has 0 saturated heterocycles. The molecule has 1 unspecified atom stereocenters. The van der Waals surface area contributed by atoms with Crippen molar-refractivity contribution in [2.75, 3.05) is 22.0 Å². The highest BCUT2D eigenvalue weighted by Gasteiger charge is 2.33. The third kappa shape index (κ3) is 3.77. The first-order valence-corrected chi connectivity index (χ1v) is 10.2. The van der Waals surface area contributed by atoms with Crippen LogP contribution >= 0.6 is 0 Å². The monoisotopic (exact) mass is 389 g/mol. The van der Waals surface area contributed by atoms with E-state index in [2.05, 4.69) is 0 Å². The van der Waals surface area contributed by atoms with Crippen molar-refractivity contribution in [1.29, 1.82) is 0 Å². The number of benzene rings is 2. The Morgan fingerprint density at radius 2 is 1.96 bits per heavy atom. The zero-order chi connectivity index (χ0) is 19.8. The van der Waals surface area contributed by atoms with Gasteiger partial charge in [0, 0.05) is 23.9 Å². The van der Waals surface area contributed by atoms with Gasteiger partial charge in [0.2, 0.25) is 15.9 Å². The van der Waals surface area contributed by atoms with Crippen LogP contribution in [0.5, 0.6) is 0 Å². The lowest BCUT2D eigenvalue weighted by atomic mass is 10.1. The lowest BCUT2D eigenvalue weighted by Gasteiger charge is -2.27. The number of fused-ring (bicyclic) bond motifs is 1. The molecule has 0 aromatic heterocycles. The number of hydrogen-bond acceptors (Lipinski definition) is 5. The maximum Gasteiger partial charge on any atom is 0.271 e. The number of carbonyl (C=O) groups is 1. The summed E-state index contributed by atoms with van der Waals surface area (Å²) in [7, 11) is -3.82. The molecule has 0 saturated carbocycles. The predicted molar refractivity (Wildman–Crippen MR) is 102 cm³/mol. The van der Waals surface area contributed by atoms with Crippen LogP contribution in [0.3, 0.4) is 0 Å². The highest BCUT2D eigenvalue weighted by molar-refractivity contribution is 7.92. The van der Waals surface area contributed by atoms with E-state index in [4.69, 9.17) is 0 Å². The second-order valence-electron chi connectivity index (χ2n) is 6.49. The average molecular weight is 389 g/mol. The Morgan fingerprint density at radius 1 is 1.26 bits per heavy atom. The van der Waals surface area contributed by atoms with E-state index < -0.39 is 21.5 Å². The number of nitro groups is 1. The molecular formula is C18H19N3O5S. The summed E-state index contributed by atoms with van der Waals surface area (Å²) in [5.74, 6) is -0.385. The molecule has 142 valence electrons. The molecule has 0 fully saturated rings. The van der Waals surface area contributed by atoms with Gasteiger partial charge in [-0.05, 0) is 31.0 Å². The van der Waals surface area contributed by atoms with E-state index in [-0.39, 0.29) is 23.3 Å². The van der Waals surface area contributed by atoms with E-state index in [1.54, 1.807) is 4.90 Å². The predicted octanol–water partition coefficient (Wildman–Crippen LogP) is 2.34. The molecule has 1 aliphatic heterocycles. The van der Waals surface area contributed by atoms with Gasteiger partial charge in [-0.15, -0.1) is 0 Å². The lowest BCUT2D eigenvalue weighted by Crippen LogP contribution is -2.45. The minimum atomic E-state index is -3.82. The van der Waals surface area contributed by atoms with Gasteiger partial charge >= 0.3 is 0 Å². The number of nitrogens with zero attached hydrogens (tertiary/aromatic N) is 3. The van der Waals surface area contributed by atoms with Crippen LogP contribution in [0.15, 0.2) is 48.5 Å². The summed E-state index contributed by atoms with van der Waals surface area (Å²) in [4.78, 5) is 24.9. The highest BCUT2D eigenvalue weighted by Crippen LogP contribution is 2.32. The SMILES string of the molecule is CC1Cc2ccccc2N1C(=O)CN(c1cccc([N+](=O)[O-])c1)S(C)(=O)=O. The maximum absolute atomic E-state index is 13.0. The van der Waals surface area contributed by atoms with Crippen LogP contribution < -0.4 is 9.21 Å². The van der Waals surface area contributed by atoms with E-state index in [1.807, 2.05) is 31.2 Å². The fourth-order valence-electron chi connectivity index (χ4n) is 3.31. The van der Waals surface area contributed by atoms with Crippen molar-refractivity contribution in [3.05, 3.63) is 64.2 Å². The Kier molecular flexibility index (Phi) is 4.88. The molecule has 0 N–H and O–H groups in total. The molecule has 0 bridgehead atoms. The largest absolute Gasteiger partial charge is 0.307 e. The van der Waals surface area contributed by atoms with Crippen molar-refractivity contribution < 1.29 is 18.1 Å². The molecule has 9 heteroatoms. The first-order chi connectivity index (χ1) is 12.7. The van der Waals surface area contributed by atoms with Gasteiger partial charge < -0.3 is 4.90 Å². The quantitative estimate of drug-likeness (QED) is 0.577. The first-order valence-electron chi connectivity index (χ1n) is 8.30. The zero-order valence-electron chi connectivity index (χ0n) is 14.9. The summed E-state index contributed by atoms with van der Waals surface area (Å²) < 4.78 is 25.5. The molecule has 8 nitrogen and oxygen atoms in total. The Morgan fingerprint density at radius 3 is 2.63 bits per heavy atom. The second-order valence-corrected chi connectivity index (χ2v) is 8.40. The third-order valence-corrected chi connectivity index (χ3v) is 5.62. The topological polar surface area (TPSA) is 101 Å². The van der Waals surface area contributed by atoms with Gasteiger partial charge in [-0.3, -0.25) is 19.2 Å². The van der Waals surface area contributed by atoms with Crippen LogP contribution in [0.1, 0.15) is 12.5 Å². The van der Waals surface area contributed by atoms with E-state index >= 15 is 0 Å². The average Bonchev–Trinajstić information content (AvgIpc) is 2.94. The molecule has 1 aliphatic rings. The normalized spacial score (nSPS) is 16.1. The van der Waals surface area contributed by atoms with Crippen molar-refractivity contribution >= 4 is 33.0 Å². The number of sulfonamides is 1. The van der Waals surface area contributed by atoms with Crippen molar-refractivity contribution in [1.82, 2.24) is 0 Å². The fraction of sp³-hybridized carbons (Fsp3) is 0.278. The standard InChI is InChI=1S/C18H19N3O5S/c1-13-10-14-6-3-4-9-17(14)20(13)18(22)12-19(27(2,25)26)15-7-5-8-16(11-15)21(23)24/h3-9,11,13H,10,12H2,1-2H3. The molecule has 1 heterocycles. The van der Waals surface area contributed by atoms with E-state index in [9.17, 15) is 23.3 Å². The Balaban J connectivity index is 1.94. The molecule has 0 aliphatic carbocycles. The highest BCUT2D eigenvalue weighted by atomic mass is 32.2. The Labute approximate surface area is 157 Å². The molecular weight excluding hydrogens is 370 g/mol. The van der Waals surface area contributed by atoms with Crippen LogP contribution in [0.4, 0.5) is 17.1 Å². The number of amides is 1. The van der Waals surface area contributed by atoms with Gasteiger partial charge in [-0.1, -0.05) is 24.3 Å². The minimum absolute atomic E-state index is 0.0835. The smallest absolute Gasteiger partial charge is 0.271 e. The van der Waals surface area contributed by atoms with Gasteiger partial charge in [0.05, 0.1) is 16.9 Å². The molecule has 2 aromatic rings. The van der Waals surface area contributed by atoms with Gasteiger partial charge in [0.15, 0.2) is 0 Å². The minimum Gasteiger partial charge on any atom is -0.307 e. The van der Waals surface area contributed by atoms with Gasteiger partial charge in [-0.2, -0.15) is 0 Å². The molecule has 3 rings (SSSR count). The van der Waals surface area contributed by atoms with Crippen molar-refractivity contribution in [3.8, 4) is 0 Å². The molecule has 1 atom stereocenters. The maximum atomic E-state index is 13.0. The fourth-order valence-corrected chi connectivity index (χ4v) is 4.15. The number of anilines is 2. The van der Waals surface area contributed by atoms with E-state index in [1.165, 1.54) is 18.2 Å². The number of para-hydroxylation sites is 1. The van der Waals surface area contributed by atoms with E-state index in [0.717, 1.165) is 27.9 Å². The zero-order valence-corrected chi connectivity index (χ0v) is 15.7. The van der Waals surface area contributed by atoms with E-state index in [0.29, 0.717) is 6.42 Å². The van der Waals surface area contributed by atoms with Crippen LogP contribution in [0.2, 0.25) is 0 Å². The molecule has 2 aromatic carbocycles. The number of hydrogen-bond donors (Lipinski definition) is 0. The molecule has 1 amide bonds. The van der Waals surface area contributed by atoms with Gasteiger partial charge in [0.25, 0.3) is 5.69 Å². The molecule has 0 radical (unpaired) electrons. The van der Waals surface area contributed by atoms with Crippen molar-refractivity contribution in [3.63, 3.8) is 0 Å². The first kappa shape index (κ1) is 18.8. The summed E-state index contributed by atoms with van der Waals surface area (Å²) in [6.45, 7) is 1.47. The van der Waals surface area contributed by atoms with Gasteiger partial charge in [0.1, 0.15) is 6.54 Å². The molecule has 0 spiro atoms. The number of rotatable bonds is 5. The summed E-state index contributed by atoms with van der Waals surface area (Å²) >= 11 is 0. The Bertz CT molecular complexity index is 1010. The summed E-state index contributed by atoms with van der Waals surface area (Å²) in [6, 6.07) is 12.6. The summed E-state index contributed by atoms with van der Waals surface area (Å²) in [6.07, 6.45) is 1.66. The Hall–Kier alpha value is -2.94. The number of nitro benzene ring substituents is 1. The second kappa shape index (κ2) is 6.99. The number of non-ortho nitro benzene ring substituents is 1. The van der Waals surface area contributed by atoms with Gasteiger partial charge in [-0.25, -0.2) is 8.42 Å². The molecule has 27 heavy (non-hydrogen) atoms. The van der Waals surface area contributed by atoms with Crippen molar-refractivity contribution in [2.45, 2.75) is 19.4 Å². The van der Waals surface area contributed by atoms with Crippen LogP contribution in [0.25, 0.3) is 0 Å².